The quantitative estimate of drug-likeness (QED) is 0.667. The van der Waals surface area contributed by atoms with Crippen molar-refractivity contribution in [2.24, 2.45) is 5.41 Å². The third-order valence-electron chi connectivity index (χ3n) is 4.79. The summed E-state index contributed by atoms with van der Waals surface area (Å²) in [6.07, 6.45) is 6.29. The molecule has 5 nitrogen and oxygen atoms in total. The topological polar surface area (TPSA) is 64.8 Å². The number of hydrogen-bond acceptors (Lipinski definition) is 4. The smallest absolute Gasteiger partial charge is 0.263 e. The molecule has 1 radical (unpaired) electrons. The summed E-state index contributed by atoms with van der Waals surface area (Å²) in [5.41, 5.74) is 2.92. The molecule has 0 fully saturated rings. The molecule has 3 aromatic heterocycles. The van der Waals surface area contributed by atoms with Crippen LogP contribution < -0.4 is 0 Å². The van der Waals surface area contributed by atoms with Crippen LogP contribution in [0.3, 0.4) is 0 Å². The number of rotatable bonds is 4. The van der Waals surface area contributed by atoms with E-state index in [0.29, 0.717) is 11.4 Å². The molecule has 0 aromatic carbocycles. The predicted octanol–water partition coefficient (Wildman–Crippen LogP) is 4.48. The Balaban J connectivity index is 2.27. The van der Waals surface area contributed by atoms with Crippen LogP contribution in [0.2, 0.25) is 0 Å². The van der Waals surface area contributed by atoms with E-state index in [0.717, 1.165) is 17.0 Å². The molecule has 0 saturated heterocycles. The van der Waals surface area contributed by atoms with Crippen molar-refractivity contribution in [1.82, 2.24) is 13.9 Å². The highest BCUT2D eigenvalue weighted by Crippen LogP contribution is 2.37. The Morgan fingerprint density at radius 3 is 2.41 bits per heavy atom. The van der Waals surface area contributed by atoms with Gasteiger partial charge in [0.1, 0.15) is 4.90 Å². The Morgan fingerprint density at radius 1 is 1.11 bits per heavy atom. The van der Waals surface area contributed by atoms with Gasteiger partial charge in [-0.15, -0.1) is 0 Å². The van der Waals surface area contributed by atoms with Crippen LogP contribution >= 0.6 is 0 Å². The van der Waals surface area contributed by atoms with Crippen LogP contribution in [0.15, 0.2) is 60.0 Å². The third-order valence-corrected chi connectivity index (χ3v) is 6.44. The molecule has 0 saturated carbocycles. The van der Waals surface area contributed by atoms with Gasteiger partial charge in [-0.3, -0.25) is 9.97 Å². The summed E-state index contributed by atoms with van der Waals surface area (Å²) in [4.78, 5) is 8.55. The summed E-state index contributed by atoms with van der Waals surface area (Å²) in [6, 6.07) is 8.85. The standard InChI is InChI=1S/C21H24N3O2S/c1-15-8-6-11-23-20(15)19-12-17(16(2)21(3,4)5)14-24(19)27(25,26)18-9-7-10-22-13-18/h6-14H,1-5H3. The largest absolute Gasteiger partial charge is 0.269 e. The van der Waals surface area contributed by atoms with Gasteiger partial charge < -0.3 is 0 Å². The fourth-order valence-corrected chi connectivity index (χ4v) is 4.14. The summed E-state index contributed by atoms with van der Waals surface area (Å²) < 4.78 is 27.9. The second kappa shape index (κ2) is 6.93. The van der Waals surface area contributed by atoms with Crippen molar-refractivity contribution in [2.45, 2.75) is 39.5 Å². The van der Waals surface area contributed by atoms with E-state index in [2.05, 4.69) is 30.7 Å². The molecule has 3 heterocycles. The predicted molar refractivity (Wildman–Crippen MR) is 107 cm³/mol. The highest BCUT2D eigenvalue weighted by Gasteiger charge is 2.28. The molecule has 141 valence electrons. The normalized spacial score (nSPS) is 12.5. The molecule has 0 bridgehead atoms. The average molecular weight is 383 g/mol. The molecular weight excluding hydrogens is 358 g/mol. The van der Waals surface area contributed by atoms with Crippen LogP contribution in [0, 0.1) is 18.3 Å². The van der Waals surface area contributed by atoms with Crippen LogP contribution in [0.25, 0.3) is 11.4 Å². The molecule has 0 spiro atoms. The van der Waals surface area contributed by atoms with Gasteiger partial charge in [0.05, 0.1) is 11.4 Å². The zero-order chi connectivity index (χ0) is 19.8. The molecule has 0 aliphatic rings. The maximum atomic E-state index is 13.3. The summed E-state index contributed by atoms with van der Waals surface area (Å²) >= 11 is 0. The lowest BCUT2D eigenvalue weighted by atomic mass is 9.79. The number of aryl methyl sites for hydroxylation is 1. The fourth-order valence-electron chi connectivity index (χ4n) is 2.82. The molecule has 0 unspecified atom stereocenters. The Morgan fingerprint density at radius 2 is 1.81 bits per heavy atom. The first-order chi connectivity index (χ1) is 12.6. The maximum absolute atomic E-state index is 13.3. The minimum absolute atomic E-state index is 0.0827. The second-order valence-electron chi connectivity index (χ2n) is 7.65. The summed E-state index contributed by atoms with van der Waals surface area (Å²) in [5.74, 6) is 1.11. The van der Waals surface area contributed by atoms with Gasteiger partial charge >= 0.3 is 0 Å². The highest BCUT2D eigenvalue weighted by molar-refractivity contribution is 7.90. The van der Waals surface area contributed by atoms with E-state index < -0.39 is 10.0 Å². The summed E-state index contributed by atoms with van der Waals surface area (Å²) in [6.45, 7) is 10.3. The number of hydrogen-bond donors (Lipinski definition) is 0. The monoisotopic (exact) mass is 382 g/mol. The van der Waals surface area contributed by atoms with Gasteiger partial charge in [0, 0.05) is 30.7 Å². The summed E-state index contributed by atoms with van der Waals surface area (Å²) in [5, 5.41) is 0. The first-order valence-corrected chi connectivity index (χ1v) is 10.2. The number of aromatic nitrogens is 3. The maximum Gasteiger partial charge on any atom is 0.269 e. The molecular formula is C21H24N3O2S. The van der Waals surface area contributed by atoms with E-state index in [-0.39, 0.29) is 10.3 Å². The van der Waals surface area contributed by atoms with E-state index in [4.69, 9.17) is 0 Å². The molecule has 3 rings (SSSR count). The van der Waals surface area contributed by atoms with Gasteiger partial charge in [-0.25, -0.2) is 12.4 Å². The van der Waals surface area contributed by atoms with Gasteiger partial charge in [0.25, 0.3) is 10.0 Å². The number of nitrogens with zero attached hydrogens (tertiary/aromatic N) is 3. The summed E-state index contributed by atoms with van der Waals surface area (Å²) in [7, 11) is -3.79. The van der Waals surface area contributed by atoms with Crippen LogP contribution in [0.4, 0.5) is 0 Å². The van der Waals surface area contributed by atoms with Gasteiger partial charge in [-0.1, -0.05) is 33.8 Å². The second-order valence-corrected chi connectivity index (χ2v) is 9.46. The first-order valence-electron chi connectivity index (χ1n) is 8.77. The zero-order valence-electron chi connectivity index (χ0n) is 16.3. The lowest BCUT2D eigenvalue weighted by molar-refractivity contribution is 0.451. The van der Waals surface area contributed by atoms with E-state index in [1.807, 2.05) is 32.0 Å². The van der Waals surface area contributed by atoms with Gasteiger partial charge in [0.2, 0.25) is 0 Å². The lowest BCUT2D eigenvalue weighted by Crippen LogP contribution is -2.16. The number of pyridine rings is 2. The van der Waals surface area contributed by atoms with Crippen molar-refractivity contribution in [1.29, 1.82) is 0 Å². The fraction of sp³-hybridized carbons (Fsp3) is 0.286. The molecule has 0 N–H and O–H groups in total. The average Bonchev–Trinajstić information content (AvgIpc) is 3.07. The molecule has 0 aliphatic heterocycles. The third kappa shape index (κ3) is 3.67. The van der Waals surface area contributed by atoms with Crippen molar-refractivity contribution in [3.05, 3.63) is 72.2 Å². The van der Waals surface area contributed by atoms with E-state index in [9.17, 15) is 8.42 Å². The molecule has 0 amide bonds. The van der Waals surface area contributed by atoms with Gasteiger partial charge in [0.15, 0.2) is 0 Å². The van der Waals surface area contributed by atoms with Crippen molar-refractivity contribution in [3.63, 3.8) is 0 Å². The van der Waals surface area contributed by atoms with Crippen molar-refractivity contribution >= 4 is 10.0 Å². The van der Waals surface area contributed by atoms with Crippen LogP contribution in [-0.2, 0) is 10.0 Å². The van der Waals surface area contributed by atoms with Crippen molar-refractivity contribution < 1.29 is 8.42 Å². The zero-order valence-corrected chi connectivity index (χ0v) is 17.1. The molecule has 0 aliphatic carbocycles. The van der Waals surface area contributed by atoms with Crippen LogP contribution in [-0.4, -0.2) is 22.4 Å². The Kier molecular flexibility index (Phi) is 4.95. The minimum Gasteiger partial charge on any atom is -0.263 e. The SMILES string of the molecule is C[C](c1cc(-c2ncccc2C)n(S(=O)(=O)c2cccnc2)c1)C(C)(C)C. The van der Waals surface area contributed by atoms with Crippen molar-refractivity contribution in [2.75, 3.05) is 0 Å². The van der Waals surface area contributed by atoms with E-state index >= 15 is 0 Å². The van der Waals surface area contributed by atoms with Crippen LogP contribution in [0.1, 0.15) is 38.8 Å². The Bertz CT molecular complexity index is 1050. The van der Waals surface area contributed by atoms with Gasteiger partial charge in [-0.2, -0.15) is 0 Å². The Hall–Kier alpha value is -2.47. The first kappa shape index (κ1) is 19.3. The van der Waals surface area contributed by atoms with Crippen LogP contribution in [0.5, 0.6) is 0 Å². The molecule has 3 aromatic rings. The molecule has 0 atom stereocenters. The van der Waals surface area contributed by atoms with E-state index in [1.165, 1.54) is 10.2 Å². The minimum atomic E-state index is -3.79. The Labute approximate surface area is 161 Å². The lowest BCUT2D eigenvalue weighted by Gasteiger charge is -2.25. The van der Waals surface area contributed by atoms with Crippen molar-refractivity contribution in [3.8, 4) is 11.4 Å². The highest BCUT2D eigenvalue weighted by atomic mass is 32.2. The molecule has 27 heavy (non-hydrogen) atoms. The molecule has 6 heteroatoms. The van der Waals surface area contributed by atoms with E-state index in [1.54, 1.807) is 30.7 Å². The van der Waals surface area contributed by atoms with Gasteiger partial charge in [-0.05, 0) is 47.7 Å².